The van der Waals surface area contributed by atoms with E-state index in [1.54, 1.807) is 0 Å². The molecule has 2 aliphatic rings. The molecule has 1 aromatic rings. The number of carboxylic acids is 1. The van der Waals surface area contributed by atoms with E-state index in [1.165, 1.54) is 37.1 Å². The molecule has 1 unspecified atom stereocenters. The van der Waals surface area contributed by atoms with Crippen molar-refractivity contribution in [3.63, 3.8) is 0 Å². The van der Waals surface area contributed by atoms with Crippen molar-refractivity contribution in [2.75, 3.05) is 26.2 Å². The van der Waals surface area contributed by atoms with Crippen LogP contribution in [0.2, 0.25) is 0 Å². The average Bonchev–Trinajstić information content (AvgIpc) is 2.87. The Labute approximate surface area is 117 Å². The number of nitrogens with zero attached hydrogens (tertiary/aromatic N) is 2. The smallest absolute Gasteiger partial charge is 0.346 e. The van der Waals surface area contributed by atoms with Gasteiger partial charge in [0, 0.05) is 32.2 Å². The summed E-state index contributed by atoms with van der Waals surface area (Å²) < 4.78 is 0. The SMILES string of the molecule is O=C(O)c1sccc1CN1CCN2CCCCC2C1. The first kappa shape index (κ1) is 13.1. The molecule has 5 heteroatoms. The van der Waals surface area contributed by atoms with Gasteiger partial charge in [-0.25, -0.2) is 4.79 Å². The van der Waals surface area contributed by atoms with Crippen molar-refractivity contribution in [3.8, 4) is 0 Å². The van der Waals surface area contributed by atoms with Crippen molar-refractivity contribution < 1.29 is 9.90 Å². The Hall–Kier alpha value is -0.910. The molecule has 0 amide bonds. The van der Waals surface area contributed by atoms with E-state index in [0.29, 0.717) is 10.9 Å². The van der Waals surface area contributed by atoms with Gasteiger partial charge in [-0.05, 0) is 36.4 Å². The molecule has 0 spiro atoms. The van der Waals surface area contributed by atoms with Crippen LogP contribution in [-0.4, -0.2) is 53.1 Å². The Bertz CT molecular complexity index is 460. The van der Waals surface area contributed by atoms with Gasteiger partial charge in [-0.1, -0.05) is 6.42 Å². The van der Waals surface area contributed by atoms with Gasteiger partial charge in [0.25, 0.3) is 0 Å². The predicted molar refractivity (Wildman–Crippen MR) is 75.8 cm³/mol. The molecule has 3 rings (SSSR count). The molecule has 1 aromatic heterocycles. The Kier molecular flexibility index (Phi) is 3.86. The number of piperidine rings is 1. The van der Waals surface area contributed by atoms with Crippen LogP contribution in [0.25, 0.3) is 0 Å². The fraction of sp³-hybridized carbons (Fsp3) is 0.643. The van der Waals surface area contributed by atoms with Crippen LogP contribution >= 0.6 is 11.3 Å². The number of carbonyl (C=O) groups is 1. The minimum absolute atomic E-state index is 0.506. The van der Waals surface area contributed by atoms with E-state index in [9.17, 15) is 4.79 Å². The number of hydrogen-bond donors (Lipinski definition) is 1. The lowest BCUT2D eigenvalue weighted by molar-refractivity contribution is 0.0453. The summed E-state index contributed by atoms with van der Waals surface area (Å²) in [5.41, 5.74) is 0.974. The van der Waals surface area contributed by atoms with Crippen molar-refractivity contribution in [1.82, 2.24) is 9.80 Å². The molecule has 2 saturated heterocycles. The van der Waals surface area contributed by atoms with E-state index >= 15 is 0 Å². The van der Waals surface area contributed by atoms with E-state index in [-0.39, 0.29) is 0 Å². The number of thiophene rings is 1. The van der Waals surface area contributed by atoms with Crippen molar-refractivity contribution in [2.24, 2.45) is 0 Å². The normalized spacial score (nSPS) is 25.2. The van der Waals surface area contributed by atoms with Gasteiger partial charge < -0.3 is 5.11 Å². The summed E-state index contributed by atoms with van der Waals surface area (Å²) in [4.78, 5) is 16.7. The number of rotatable bonds is 3. The van der Waals surface area contributed by atoms with E-state index in [1.807, 2.05) is 11.4 Å². The molecule has 1 atom stereocenters. The topological polar surface area (TPSA) is 43.8 Å². The molecule has 0 saturated carbocycles. The molecule has 2 fully saturated rings. The molecule has 19 heavy (non-hydrogen) atoms. The van der Waals surface area contributed by atoms with Crippen LogP contribution in [0, 0.1) is 0 Å². The van der Waals surface area contributed by atoms with Gasteiger partial charge in [-0.3, -0.25) is 9.80 Å². The highest BCUT2D eigenvalue weighted by molar-refractivity contribution is 7.12. The van der Waals surface area contributed by atoms with Gasteiger partial charge in [0.05, 0.1) is 0 Å². The van der Waals surface area contributed by atoms with E-state index < -0.39 is 5.97 Å². The zero-order valence-corrected chi connectivity index (χ0v) is 11.9. The number of fused-ring (bicyclic) bond motifs is 1. The Morgan fingerprint density at radius 1 is 1.37 bits per heavy atom. The number of carboxylic acid groups (broad SMARTS) is 1. The lowest BCUT2D eigenvalue weighted by Gasteiger charge is -2.44. The lowest BCUT2D eigenvalue weighted by Crippen LogP contribution is -2.54. The summed E-state index contributed by atoms with van der Waals surface area (Å²) in [6.45, 7) is 5.32. The molecular weight excluding hydrogens is 260 g/mol. The van der Waals surface area contributed by atoms with Crippen molar-refractivity contribution >= 4 is 17.3 Å². The summed E-state index contributed by atoms with van der Waals surface area (Å²) >= 11 is 1.33. The van der Waals surface area contributed by atoms with Crippen LogP contribution in [-0.2, 0) is 6.54 Å². The molecule has 2 aliphatic heterocycles. The Morgan fingerprint density at radius 2 is 2.26 bits per heavy atom. The first-order valence-electron chi connectivity index (χ1n) is 7.00. The second-order valence-corrected chi connectivity index (χ2v) is 6.42. The minimum atomic E-state index is -0.790. The summed E-state index contributed by atoms with van der Waals surface area (Å²) in [6, 6.07) is 2.65. The predicted octanol–water partition coefficient (Wildman–Crippen LogP) is 2.12. The minimum Gasteiger partial charge on any atom is -0.477 e. The van der Waals surface area contributed by atoms with Crippen molar-refractivity contribution in [3.05, 3.63) is 21.9 Å². The van der Waals surface area contributed by atoms with E-state index in [0.717, 1.165) is 31.7 Å². The van der Waals surface area contributed by atoms with Gasteiger partial charge >= 0.3 is 5.97 Å². The summed E-state index contributed by atoms with van der Waals surface area (Å²) in [5, 5.41) is 11.0. The highest BCUT2D eigenvalue weighted by atomic mass is 32.1. The lowest BCUT2D eigenvalue weighted by atomic mass is 9.99. The van der Waals surface area contributed by atoms with Crippen LogP contribution in [0.4, 0.5) is 0 Å². The molecule has 0 bridgehead atoms. The molecule has 1 N–H and O–H groups in total. The van der Waals surface area contributed by atoms with Gasteiger partial charge in [-0.2, -0.15) is 0 Å². The van der Waals surface area contributed by atoms with Gasteiger partial charge in [0.2, 0.25) is 0 Å². The van der Waals surface area contributed by atoms with Crippen LogP contribution in [0.1, 0.15) is 34.5 Å². The van der Waals surface area contributed by atoms with E-state index in [4.69, 9.17) is 5.11 Å². The number of aromatic carboxylic acids is 1. The molecule has 104 valence electrons. The molecule has 4 nitrogen and oxygen atoms in total. The van der Waals surface area contributed by atoms with E-state index in [2.05, 4.69) is 9.80 Å². The molecule has 0 aliphatic carbocycles. The van der Waals surface area contributed by atoms with Gasteiger partial charge in [0.1, 0.15) is 4.88 Å². The standard InChI is InChI=1S/C14H20N2O2S/c17-14(18)13-11(4-8-19-13)9-15-6-7-16-5-2-1-3-12(16)10-15/h4,8,12H,1-3,5-7,9-10H2,(H,17,18). The fourth-order valence-electron chi connectivity index (χ4n) is 3.25. The third-order valence-corrected chi connectivity index (χ3v) is 5.20. The second-order valence-electron chi connectivity index (χ2n) is 5.50. The highest BCUT2D eigenvalue weighted by Gasteiger charge is 2.29. The molecule has 0 radical (unpaired) electrons. The Balaban J connectivity index is 1.64. The van der Waals surface area contributed by atoms with Crippen LogP contribution < -0.4 is 0 Å². The first-order chi connectivity index (χ1) is 9.24. The Morgan fingerprint density at radius 3 is 3.11 bits per heavy atom. The molecular formula is C14H20N2O2S. The zero-order valence-electron chi connectivity index (χ0n) is 11.0. The zero-order chi connectivity index (χ0) is 13.2. The van der Waals surface area contributed by atoms with Crippen molar-refractivity contribution in [2.45, 2.75) is 31.8 Å². The molecule has 0 aromatic carbocycles. The fourth-order valence-corrected chi connectivity index (χ4v) is 4.01. The van der Waals surface area contributed by atoms with Crippen LogP contribution in [0.5, 0.6) is 0 Å². The van der Waals surface area contributed by atoms with Crippen LogP contribution in [0.15, 0.2) is 11.4 Å². The van der Waals surface area contributed by atoms with Gasteiger partial charge in [-0.15, -0.1) is 11.3 Å². The summed E-state index contributed by atoms with van der Waals surface area (Å²) in [6.07, 6.45) is 3.98. The number of piperazine rings is 1. The highest BCUT2D eigenvalue weighted by Crippen LogP contribution is 2.24. The number of hydrogen-bond acceptors (Lipinski definition) is 4. The largest absolute Gasteiger partial charge is 0.477 e. The van der Waals surface area contributed by atoms with Crippen molar-refractivity contribution in [1.29, 1.82) is 0 Å². The second kappa shape index (κ2) is 5.61. The van der Waals surface area contributed by atoms with Gasteiger partial charge in [0.15, 0.2) is 0 Å². The monoisotopic (exact) mass is 280 g/mol. The molecule has 3 heterocycles. The maximum atomic E-state index is 11.1. The maximum Gasteiger partial charge on any atom is 0.346 e. The average molecular weight is 280 g/mol. The third kappa shape index (κ3) is 2.83. The summed E-state index contributed by atoms with van der Waals surface area (Å²) in [7, 11) is 0. The maximum absolute atomic E-state index is 11.1. The first-order valence-corrected chi connectivity index (χ1v) is 7.88. The summed E-state index contributed by atoms with van der Waals surface area (Å²) in [5.74, 6) is -0.790. The quantitative estimate of drug-likeness (QED) is 0.921. The van der Waals surface area contributed by atoms with Crippen LogP contribution in [0.3, 0.4) is 0 Å². The third-order valence-electron chi connectivity index (χ3n) is 4.26.